The van der Waals surface area contributed by atoms with E-state index in [-0.39, 0.29) is 23.9 Å². The van der Waals surface area contributed by atoms with Crippen LogP contribution in [0.25, 0.3) is 0 Å². The topological polar surface area (TPSA) is 40.6 Å². The average Bonchev–Trinajstić information content (AvgIpc) is 2.46. The lowest BCUT2D eigenvalue weighted by Crippen LogP contribution is -2.49. The van der Waals surface area contributed by atoms with E-state index in [4.69, 9.17) is 11.6 Å². The van der Waals surface area contributed by atoms with Crippen molar-refractivity contribution in [3.05, 3.63) is 28.8 Å². The Morgan fingerprint density at radius 2 is 1.77 bits per heavy atom. The van der Waals surface area contributed by atoms with Crippen LogP contribution in [0.4, 0.5) is 18.9 Å². The van der Waals surface area contributed by atoms with E-state index in [1.54, 1.807) is 11.8 Å². The molecule has 0 radical (unpaired) electrons. The van der Waals surface area contributed by atoms with Gasteiger partial charge in [0.05, 0.1) is 16.3 Å². The van der Waals surface area contributed by atoms with Crippen molar-refractivity contribution in [3.8, 4) is 0 Å². The zero-order valence-electron chi connectivity index (χ0n) is 11.9. The fourth-order valence-electron chi connectivity index (χ4n) is 2.33. The lowest BCUT2D eigenvalue weighted by atomic mass is 10.1. The molecule has 1 aromatic carbocycles. The van der Waals surface area contributed by atoms with Gasteiger partial charge in [0.15, 0.2) is 0 Å². The SMILES string of the molecule is CCS(=O)(=O)N1CCN(c2ccc(Cl)c(C(F)(F)F)c2)CC1. The second-order valence-corrected chi connectivity index (χ2v) is 7.61. The molecule has 0 spiro atoms. The van der Waals surface area contributed by atoms with Crippen molar-refractivity contribution in [2.75, 3.05) is 36.8 Å². The quantitative estimate of drug-likeness (QED) is 0.836. The first-order chi connectivity index (χ1) is 10.1. The standard InChI is InChI=1S/C13H16ClF3N2O2S/c1-2-22(20,21)19-7-5-18(6-8-19)10-3-4-12(14)11(9-10)13(15,16)17/h3-4,9H,2,5-8H2,1H3. The van der Waals surface area contributed by atoms with Crippen molar-refractivity contribution in [3.63, 3.8) is 0 Å². The van der Waals surface area contributed by atoms with E-state index in [1.807, 2.05) is 0 Å². The van der Waals surface area contributed by atoms with E-state index in [9.17, 15) is 21.6 Å². The van der Waals surface area contributed by atoms with Crippen molar-refractivity contribution in [1.82, 2.24) is 4.31 Å². The maximum atomic E-state index is 12.9. The molecule has 0 unspecified atom stereocenters. The lowest BCUT2D eigenvalue weighted by Gasteiger charge is -2.35. The third-order valence-corrected chi connectivity index (χ3v) is 5.83. The molecule has 2 rings (SSSR count). The summed E-state index contributed by atoms with van der Waals surface area (Å²) in [5, 5.41) is -0.344. The largest absolute Gasteiger partial charge is 0.417 e. The fraction of sp³-hybridized carbons (Fsp3) is 0.538. The Morgan fingerprint density at radius 1 is 1.18 bits per heavy atom. The fourth-order valence-corrected chi connectivity index (χ4v) is 3.64. The summed E-state index contributed by atoms with van der Waals surface area (Å²) < 4.78 is 63.5. The third-order valence-electron chi connectivity index (χ3n) is 3.62. The van der Waals surface area contributed by atoms with Crippen molar-refractivity contribution >= 4 is 27.3 Å². The third kappa shape index (κ3) is 3.67. The van der Waals surface area contributed by atoms with Gasteiger partial charge in [0, 0.05) is 31.9 Å². The summed E-state index contributed by atoms with van der Waals surface area (Å²) in [6.07, 6.45) is -4.51. The first kappa shape index (κ1) is 17.4. The van der Waals surface area contributed by atoms with Crippen LogP contribution in [0.2, 0.25) is 5.02 Å². The van der Waals surface area contributed by atoms with Gasteiger partial charge >= 0.3 is 6.18 Å². The number of benzene rings is 1. The van der Waals surface area contributed by atoms with Crippen LogP contribution in [-0.4, -0.2) is 44.7 Å². The summed E-state index contributed by atoms with van der Waals surface area (Å²) >= 11 is 5.60. The predicted octanol–water partition coefficient (Wildman–Crippen LogP) is 2.83. The molecule has 1 aliphatic heterocycles. The number of halogens is 4. The Kier molecular flexibility index (Phi) is 4.93. The first-order valence-electron chi connectivity index (χ1n) is 6.74. The van der Waals surface area contributed by atoms with Crippen LogP contribution < -0.4 is 4.90 Å². The molecule has 1 aromatic rings. The van der Waals surface area contributed by atoms with E-state index in [0.29, 0.717) is 18.8 Å². The maximum absolute atomic E-state index is 12.9. The summed E-state index contributed by atoms with van der Waals surface area (Å²) in [4.78, 5) is 1.73. The molecule has 1 heterocycles. The molecule has 0 bridgehead atoms. The second kappa shape index (κ2) is 6.25. The Balaban J connectivity index is 2.16. The van der Waals surface area contributed by atoms with E-state index in [0.717, 1.165) is 6.07 Å². The summed E-state index contributed by atoms with van der Waals surface area (Å²) in [7, 11) is -3.26. The highest BCUT2D eigenvalue weighted by Crippen LogP contribution is 2.37. The number of alkyl halides is 3. The van der Waals surface area contributed by atoms with E-state index < -0.39 is 21.8 Å². The van der Waals surface area contributed by atoms with Crippen molar-refractivity contribution < 1.29 is 21.6 Å². The summed E-state index contributed by atoms with van der Waals surface area (Å²) in [6.45, 7) is 2.78. The molecule has 0 atom stereocenters. The number of nitrogens with zero attached hydrogens (tertiary/aromatic N) is 2. The molecule has 4 nitrogen and oxygen atoms in total. The van der Waals surface area contributed by atoms with E-state index in [2.05, 4.69) is 0 Å². The van der Waals surface area contributed by atoms with E-state index >= 15 is 0 Å². The molecule has 0 saturated carbocycles. The number of sulfonamides is 1. The van der Waals surface area contributed by atoms with Gasteiger partial charge in [-0.1, -0.05) is 11.6 Å². The molecule has 0 amide bonds. The monoisotopic (exact) mass is 356 g/mol. The Bertz CT molecular complexity index is 641. The zero-order valence-corrected chi connectivity index (χ0v) is 13.5. The molecule has 22 heavy (non-hydrogen) atoms. The molecule has 1 aliphatic rings. The molecule has 1 saturated heterocycles. The maximum Gasteiger partial charge on any atom is 0.417 e. The second-order valence-electron chi connectivity index (χ2n) is 4.95. The van der Waals surface area contributed by atoms with E-state index in [1.165, 1.54) is 16.4 Å². The molecule has 9 heteroatoms. The van der Waals surface area contributed by atoms with Gasteiger partial charge in [0.25, 0.3) is 0 Å². The van der Waals surface area contributed by atoms with Crippen molar-refractivity contribution in [2.45, 2.75) is 13.1 Å². The number of hydrogen-bond donors (Lipinski definition) is 0. The van der Waals surface area contributed by atoms with Crippen LogP contribution in [0, 0.1) is 0 Å². The van der Waals surface area contributed by atoms with Gasteiger partial charge < -0.3 is 4.90 Å². The highest BCUT2D eigenvalue weighted by Gasteiger charge is 2.34. The van der Waals surface area contributed by atoms with Gasteiger partial charge in [-0.15, -0.1) is 0 Å². The highest BCUT2D eigenvalue weighted by atomic mass is 35.5. The van der Waals surface area contributed by atoms with Gasteiger partial charge in [-0.2, -0.15) is 17.5 Å². The molecular formula is C13H16ClF3N2O2S. The van der Waals surface area contributed by atoms with Gasteiger partial charge in [0.2, 0.25) is 10.0 Å². The highest BCUT2D eigenvalue weighted by molar-refractivity contribution is 7.89. The first-order valence-corrected chi connectivity index (χ1v) is 8.73. The van der Waals surface area contributed by atoms with Crippen LogP contribution in [0.1, 0.15) is 12.5 Å². The molecule has 0 N–H and O–H groups in total. The van der Waals surface area contributed by atoms with Crippen LogP contribution in [-0.2, 0) is 16.2 Å². The molecule has 1 fully saturated rings. The van der Waals surface area contributed by atoms with Gasteiger partial charge in [0.1, 0.15) is 0 Å². The Morgan fingerprint density at radius 3 is 2.27 bits per heavy atom. The van der Waals surface area contributed by atoms with Gasteiger partial charge in [-0.25, -0.2) is 8.42 Å². The Labute approximate surface area is 132 Å². The van der Waals surface area contributed by atoms with Crippen LogP contribution >= 0.6 is 11.6 Å². The predicted molar refractivity (Wildman–Crippen MR) is 79.7 cm³/mol. The number of rotatable bonds is 3. The van der Waals surface area contributed by atoms with Crippen LogP contribution in [0.5, 0.6) is 0 Å². The molecule has 0 aliphatic carbocycles. The zero-order chi connectivity index (χ0) is 16.5. The van der Waals surface area contributed by atoms with Gasteiger partial charge in [-0.05, 0) is 25.1 Å². The van der Waals surface area contributed by atoms with Crippen LogP contribution in [0.3, 0.4) is 0 Å². The minimum absolute atomic E-state index is 0.0200. The normalized spacial score (nSPS) is 17.8. The number of anilines is 1. The molecule has 124 valence electrons. The number of piperazine rings is 1. The van der Waals surface area contributed by atoms with Crippen molar-refractivity contribution in [2.24, 2.45) is 0 Å². The summed E-state index contributed by atoms with van der Waals surface area (Å²) in [5.74, 6) is 0.0200. The number of hydrogen-bond acceptors (Lipinski definition) is 3. The minimum atomic E-state index is -4.51. The van der Waals surface area contributed by atoms with Crippen LogP contribution in [0.15, 0.2) is 18.2 Å². The lowest BCUT2D eigenvalue weighted by molar-refractivity contribution is -0.137. The smallest absolute Gasteiger partial charge is 0.369 e. The summed E-state index contributed by atoms with van der Waals surface area (Å²) in [6, 6.07) is 3.74. The Hall–Kier alpha value is -0.990. The minimum Gasteiger partial charge on any atom is -0.369 e. The summed E-state index contributed by atoms with van der Waals surface area (Å²) in [5.41, 5.74) is -0.486. The molecular weight excluding hydrogens is 341 g/mol. The van der Waals surface area contributed by atoms with Gasteiger partial charge in [-0.3, -0.25) is 0 Å². The average molecular weight is 357 g/mol. The molecule has 0 aromatic heterocycles. The van der Waals surface area contributed by atoms with Crippen molar-refractivity contribution in [1.29, 1.82) is 0 Å².